The zero-order valence-electron chi connectivity index (χ0n) is 18.4. The molecule has 1 aliphatic carbocycles. The molecule has 3 nitrogen and oxygen atoms in total. The van der Waals surface area contributed by atoms with Gasteiger partial charge in [-0.15, -0.1) is 0 Å². The topological polar surface area (TPSA) is 43.4 Å². The third kappa shape index (κ3) is 4.88. The first-order chi connectivity index (χ1) is 17.3. The first kappa shape index (κ1) is 26.8. The van der Waals surface area contributed by atoms with E-state index in [1.54, 1.807) is 0 Å². The largest absolute Gasteiger partial charge is 0.416 e. The van der Waals surface area contributed by atoms with Crippen LogP contribution in [0.3, 0.4) is 0 Å². The van der Waals surface area contributed by atoms with E-state index in [0.717, 1.165) is 24.3 Å². The zero-order valence-corrected chi connectivity index (χ0v) is 19.2. The van der Waals surface area contributed by atoms with Crippen molar-refractivity contribution in [2.24, 2.45) is 0 Å². The van der Waals surface area contributed by atoms with Gasteiger partial charge >= 0.3 is 16.3 Å². The summed E-state index contributed by atoms with van der Waals surface area (Å²) in [6.45, 7) is -0.903. The Bertz CT molecular complexity index is 1450. The smallest absolute Gasteiger partial charge is 0.372 e. The summed E-state index contributed by atoms with van der Waals surface area (Å²) in [5, 5.41) is 0. The molecule has 0 aliphatic heterocycles. The Balaban J connectivity index is 1.69. The molecule has 3 aromatic rings. The van der Waals surface area contributed by atoms with Crippen LogP contribution in [0.25, 0.3) is 0 Å². The normalized spacial score (nSPS) is 15.6. The quantitative estimate of drug-likeness (QED) is 0.146. The van der Waals surface area contributed by atoms with Crippen molar-refractivity contribution in [1.82, 2.24) is 0 Å². The van der Waals surface area contributed by atoms with Crippen LogP contribution in [0.5, 0.6) is 5.75 Å². The summed E-state index contributed by atoms with van der Waals surface area (Å²) in [5.41, 5.74) is 0.553. The van der Waals surface area contributed by atoms with Crippen LogP contribution in [-0.4, -0.2) is 15.1 Å². The third-order valence-corrected chi connectivity index (χ3v) is 7.27. The Morgan fingerprint density at radius 1 is 0.838 bits per heavy atom. The molecule has 13 heteroatoms. The Labute approximate surface area is 204 Å². The van der Waals surface area contributed by atoms with E-state index in [2.05, 4.69) is 4.18 Å². The Hall–Kier alpha value is -3.22. The summed E-state index contributed by atoms with van der Waals surface area (Å²) in [6.07, 6.45) is -4.33. The minimum atomic E-state index is -5.06. The lowest BCUT2D eigenvalue weighted by Crippen LogP contribution is -2.15. The van der Waals surface area contributed by atoms with E-state index in [0.29, 0.717) is 23.1 Å². The van der Waals surface area contributed by atoms with E-state index >= 15 is 0 Å². The highest BCUT2D eigenvalue weighted by Crippen LogP contribution is 2.42. The van der Waals surface area contributed by atoms with Gasteiger partial charge in [-0.25, -0.2) is 13.2 Å². The number of hydrogen-bond acceptors (Lipinski definition) is 3. The second kappa shape index (κ2) is 9.58. The summed E-state index contributed by atoms with van der Waals surface area (Å²) >= 11 is 0. The Kier molecular flexibility index (Phi) is 6.95. The van der Waals surface area contributed by atoms with Crippen LogP contribution in [-0.2, 0) is 29.1 Å². The van der Waals surface area contributed by atoms with Gasteiger partial charge in [-0.2, -0.15) is 30.4 Å². The minimum Gasteiger partial charge on any atom is -0.372 e. The average Bonchev–Trinajstić information content (AvgIpc) is 3.27. The van der Waals surface area contributed by atoms with Gasteiger partial charge in [0.2, 0.25) is 34.8 Å². The van der Waals surface area contributed by atoms with Gasteiger partial charge in [0, 0.05) is 12.3 Å². The second-order valence-electron chi connectivity index (χ2n) is 8.24. The van der Waals surface area contributed by atoms with Crippen LogP contribution in [0.1, 0.15) is 40.2 Å². The van der Waals surface area contributed by atoms with E-state index in [1.807, 2.05) is 0 Å². The average molecular weight is 554 g/mol. The molecule has 0 heterocycles. The SMILES string of the molecule is O=S(=O)(Oc1c(F)c(F)c(F)c(F)c1F)c1ccc2c(c1)CC[C@@H]2c1ccc(C(F)(F)F)cc1CCF. The first-order valence-corrected chi connectivity index (χ1v) is 12.0. The molecule has 0 N–H and O–H groups in total. The maximum absolute atomic E-state index is 13.9. The fourth-order valence-corrected chi connectivity index (χ4v) is 5.31. The van der Waals surface area contributed by atoms with Crippen molar-refractivity contribution in [3.8, 4) is 5.75 Å². The van der Waals surface area contributed by atoms with Crippen LogP contribution in [0.4, 0.5) is 39.5 Å². The number of fused-ring (bicyclic) bond motifs is 1. The summed E-state index contributed by atoms with van der Waals surface area (Å²) in [4.78, 5) is -0.646. The number of rotatable bonds is 6. The van der Waals surface area contributed by atoms with Crippen LogP contribution in [0.15, 0.2) is 41.3 Å². The molecule has 0 radical (unpaired) electrons. The minimum absolute atomic E-state index is 0.140. The molecule has 0 aromatic heterocycles. The molecule has 0 bridgehead atoms. The van der Waals surface area contributed by atoms with E-state index < -0.39 is 74.2 Å². The van der Waals surface area contributed by atoms with Gasteiger partial charge in [0.15, 0.2) is 0 Å². The van der Waals surface area contributed by atoms with Crippen molar-refractivity contribution in [2.75, 3.05) is 6.67 Å². The number of hydrogen-bond donors (Lipinski definition) is 0. The molecule has 37 heavy (non-hydrogen) atoms. The Morgan fingerprint density at radius 3 is 2.03 bits per heavy atom. The molecule has 0 unspecified atom stereocenters. The van der Waals surface area contributed by atoms with Gasteiger partial charge < -0.3 is 4.18 Å². The molecule has 4 rings (SSSR count). The summed E-state index contributed by atoms with van der Waals surface area (Å²) in [7, 11) is -5.06. The predicted octanol–water partition coefficient (Wildman–Crippen LogP) is 6.76. The molecular weight excluding hydrogens is 539 g/mol. The number of aryl methyl sites for hydroxylation is 2. The van der Waals surface area contributed by atoms with Gasteiger partial charge in [-0.1, -0.05) is 12.1 Å². The monoisotopic (exact) mass is 554 g/mol. The molecule has 0 saturated heterocycles. The summed E-state index contributed by atoms with van der Waals surface area (Å²) in [6, 6.07) is 6.33. The standard InChI is InChI=1S/C24H15F9O3S/c25-8-7-12-9-13(24(31,32)33)2-5-15(12)17-4-1-11-10-14(3-6-16(11)17)37(34,35)36-23-21(29)19(27)18(26)20(28)22(23)30/h2-3,5-6,9-10,17H,1,4,7-8H2/t17-/m1/s1. The van der Waals surface area contributed by atoms with Gasteiger partial charge in [0.05, 0.1) is 12.2 Å². The number of halogens is 9. The van der Waals surface area contributed by atoms with Crippen molar-refractivity contribution in [2.45, 2.75) is 36.3 Å². The van der Waals surface area contributed by atoms with Crippen LogP contribution < -0.4 is 4.18 Å². The Morgan fingerprint density at radius 2 is 1.43 bits per heavy atom. The molecule has 0 fully saturated rings. The maximum Gasteiger partial charge on any atom is 0.416 e. The van der Waals surface area contributed by atoms with Gasteiger partial charge in [0.1, 0.15) is 4.90 Å². The van der Waals surface area contributed by atoms with Gasteiger partial charge in [-0.3, -0.25) is 4.39 Å². The molecule has 1 atom stereocenters. The highest BCUT2D eigenvalue weighted by molar-refractivity contribution is 7.87. The highest BCUT2D eigenvalue weighted by Gasteiger charge is 2.34. The maximum atomic E-state index is 13.9. The van der Waals surface area contributed by atoms with Gasteiger partial charge in [-0.05, 0) is 59.4 Å². The lowest BCUT2D eigenvalue weighted by molar-refractivity contribution is -0.137. The van der Waals surface area contributed by atoms with Gasteiger partial charge in [0.25, 0.3) is 0 Å². The molecule has 3 aromatic carbocycles. The second-order valence-corrected chi connectivity index (χ2v) is 9.79. The zero-order chi connectivity index (χ0) is 27.3. The van der Waals surface area contributed by atoms with Crippen molar-refractivity contribution in [3.05, 3.63) is 93.3 Å². The van der Waals surface area contributed by atoms with E-state index in [4.69, 9.17) is 0 Å². The first-order valence-electron chi connectivity index (χ1n) is 10.6. The molecule has 0 saturated carbocycles. The van der Waals surface area contributed by atoms with E-state index in [9.17, 15) is 47.9 Å². The summed E-state index contributed by atoms with van der Waals surface area (Å²) < 4.78 is 150. The van der Waals surface area contributed by atoms with Crippen molar-refractivity contribution >= 4 is 10.1 Å². The molecular formula is C24H15F9O3S. The number of alkyl halides is 4. The molecule has 0 spiro atoms. The molecule has 0 amide bonds. The van der Waals surface area contributed by atoms with Crippen molar-refractivity contribution < 1.29 is 52.1 Å². The van der Waals surface area contributed by atoms with Crippen LogP contribution >= 0.6 is 0 Å². The highest BCUT2D eigenvalue weighted by atomic mass is 32.2. The molecule has 1 aliphatic rings. The fourth-order valence-electron chi connectivity index (χ4n) is 4.33. The van der Waals surface area contributed by atoms with E-state index in [1.165, 1.54) is 12.1 Å². The molecule has 198 valence electrons. The lowest BCUT2D eigenvalue weighted by atomic mass is 9.87. The number of benzene rings is 3. The third-order valence-electron chi connectivity index (χ3n) is 6.05. The van der Waals surface area contributed by atoms with Crippen LogP contribution in [0, 0.1) is 29.1 Å². The predicted molar refractivity (Wildman–Crippen MR) is 112 cm³/mol. The summed E-state index contributed by atoms with van der Waals surface area (Å²) in [5.74, 6) is -14.7. The van der Waals surface area contributed by atoms with Crippen molar-refractivity contribution in [3.63, 3.8) is 0 Å². The van der Waals surface area contributed by atoms with Crippen molar-refractivity contribution in [1.29, 1.82) is 0 Å². The lowest BCUT2D eigenvalue weighted by Gasteiger charge is -2.19. The fraction of sp³-hybridized carbons (Fsp3) is 0.250. The van der Waals surface area contributed by atoms with Crippen LogP contribution in [0.2, 0.25) is 0 Å². The van der Waals surface area contributed by atoms with E-state index in [-0.39, 0.29) is 18.4 Å².